The van der Waals surface area contributed by atoms with Crippen LogP contribution < -0.4 is 0 Å². The molecule has 3 heteroatoms. The fourth-order valence-electron chi connectivity index (χ4n) is 9.97. The molecule has 2 aliphatic heterocycles. The zero-order valence-electron chi connectivity index (χ0n) is 20.6. The highest BCUT2D eigenvalue weighted by Crippen LogP contribution is 2.71. The van der Waals surface area contributed by atoms with E-state index in [1.54, 1.807) is 0 Å². The smallest absolute Gasteiger partial charge is 0.165 e. The highest BCUT2D eigenvalue weighted by Gasteiger charge is 2.71. The maximum atomic E-state index is 13.6. The summed E-state index contributed by atoms with van der Waals surface area (Å²) in [5, 5.41) is 10.4. The highest BCUT2D eigenvalue weighted by atomic mass is 16.5. The molecular weight excluding hydrogens is 384 g/mol. The topological polar surface area (TPSA) is 46.5 Å². The lowest BCUT2D eigenvalue weighted by atomic mass is 9.40. The Balaban J connectivity index is 1.40. The number of Topliss-reactive ketones (excluding diaryl/α,β-unsaturated/α-hetero) is 1. The number of aliphatic hydroxyl groups is 1. The zero-order chi connectivity index (χ0) is 22.1. The van der Waals surface area contributed by atoms with Gasteiger partial charge in [0.15, 0.2) is 5.78 Å². The van der Waals surface area contributed by atoms with Gasteiger partial charge >= 0.3 is 0 Å². The maximum absolute atomic E-state index is 13.6. The van der Waals surface area contributed by atoms with E-state index in [0.29, 0.717) is 35.4 Å². The van der Waals surface area contributed by atoms with Gasteiger partial charge in [-0.2, -0.15) is 0 Å². The zero-order valence-corrected chi connectivity index (χ0v) is 20.6. The third-order valence-electron chi connectivity index (χ3n) is 11.4. The van der Waals surface area contributed by atoms with Crippen LogP contribution in [0.2, 0.25) is 0 Å². The molecule has 0 aromatic carbocycles. The second-order valence-electron chi connectivity index (χ2n) is 13.0. The molecule has 2 bridgehead atoms. The average Bonchev–Trinajstić information content (AvgIpc) is 3.07. The van der Waals surface area contributed by atoms with Gasteiger partial charge in [0.2, 0.25) is 0 Å². The minimum Gasteiger partial charge on any atom is -0.393 e. The van der Waals surface area contributed by atoms with Gasteiger partial charge in [-0.05, 0) is 92.8 Å². The van der Waals surface area contributed by atoms with Crippen LogP contribution in [0, 0.1) is 52.3 Å². The molecular formula is C28H46O3. The Bertz CT molecular complexity index is 702. The van der Waals surface area contributed by atoms with Crippen molar-refractivity contribution in [2.24, 2.45) is 52.3 Å². The average molecular weight is 431 g/mol. The Morgan fingerprint density at radius 2 is 1.84 bits per heavy atom. The summed E-state index contributed by atoms with van der Waals surface area (Å²) in [6.07, 6.45) is 11.5. The Labute approximate surface area is 190 Å². The van der Waals surface area contributed by atoms with E-state index in [2.05, 4.69) is 34.6 Å². The van der Waals surface area contributed by atoms with Crippen LogP contribution in [-0.4, -0.2) is 29.2 Å². The van der Waals surface area contributed by atoms with Crippen molar-refractivity contribution in [1.82, 2.24) is 0 Å². The number of ketones is 1. The number of carbonyl (C=O) groups excluding carboxylic acids is 1. The molecule has 0 radical (unpaired) electrons. The fraction of sp³-hybridized carbons (Fsp3) is 0.964. The number of carbonyl (C=O) groups is 1. The van der Waals surface area contributed by atoms with Gasteiger partial charge < -0.3 is 9.84 Å². The first-order chi connectivity index (χ1) is 14.7. The molecule has 6 fully saturated rings. The molecule has 0 amide bonds. The third-order valence-corrected chi connectivity index (χ3v) is 11.4. The predicted octanol–water partition coefficient (Wildman–Crippen LogP) is 6.02. The van der Waals surface area contributed by atoms with Crippen molar-refractivity contribution in [2.45, 2.75) is 117 Å². The van der Waals surface area contributed by atoms with Crippen LogP contribution in [0.5, 0.6) is 0 Å². The highest BCUT2D eigenvalue weighted by molar-refractivity contribution is 5.89. The van der Waals surface area contributed by atoms with Crippen LogP contribution in [0.1, 0.15) is 98.8 Å². The number of aliphatic hydroxyl groups excluding tert-OH is 1. The number of ether oxygens (including phenoxy) is 1. The first-order valence-electron chi connectivity index (χ1n) is 13.6. The monoisotopic (exact) mass is 430 g/mol. The molecule has 2 saturated heterocycles. The van der Waals surface area contributed by atoms with Crippen molar-refractivity contribution in [2.75, 3.05) is 0 Å². The van der Waals surface area contributed by atoms with Crippen LogP contribution in [0.3, 0.4) is 0 Å². The van der Waals surface area contributed by atoms with Crippen molar-refractivity contribution in [3.05, 3.63) is 0 Å². The van der Waals surface area contributed by atoms with Crippen molar-refractivity contribution < 1.29 is 14.6 Å². The molecule has 31 heavy (non-hydrogen) atoms. The van der Waals surface area contributed by atoms with Crippen LogP contribution in [0.25, 0.3) is 0 Å². The summed E-state index contributed by atoms with van der Waals surface area (Å²) in [7, 11) is 0. The van der Waals surface area contributed by atoms with E-state index >= 15 is 0 Å². The Hall–Kier alpha value is -0.410. The van der Waals surface area contributed by atoms with Crippen LogP contribution in [0.4, 0.5) is 0 Å². The fourth-order valence-corrected chi connectivity index (χ4v) is 9.97. The van der Waals surface area contributed by atoms with Gasteiger partial charge in [-0.3, -0.25) is 4.79 Å². The molecule has 4 aliphatic carbocycles. The summed E-state index contributed by atoms with van der Waals surface area (Å²) in [6, 6.07) is 0. The van der Waals surface area contributed by atoms with Crippen LogP contribution in [0.15, 0.2) is 0 Å². The lowest BCUT2D eigenvalue weighted by Gasteiger charge is -2.68. The summed E-state index contributed by atoms with van der Waals surface area (Å²) in [5.74, 6) is 4.51. The summed E-state index contributed by atoms with van der Waals surface area (Å²) in [4.78, 5) is 13.6. The van der Waals surface area contributed by atoms with E-state index in [4.69, 9.17) is 4.74 Å². The number of hydrogen-bond donors (Lipinski definition) is 1. The molecule has 6 aliphatic rings. The van der Waals surface area contributed by atoms with E-state index < -0.39 is 0 Å². The predicted molar refractivity (Wildman–Crippen MR) is 124 cm³/mol. The molecule has 176 valence electrons. The van der Waals surface area contributed by atoms with Crippen LogP contribution in [-0.2, 0) is 9.53 Å². The molecule has 3 nitrogen and oxygen atoms in total. The normalized spacial score (nSPS) is 52.0. The largest absolute Gasteiger partial charge is 0.393 e. The Morgan fingerprint density at radius 1 is 1.06 bits per heavy atom. The van der Waals surface area contributed by atoms with Crippen molar-refractivity contribution in [1.29, 1.82) is 0 Å². The van der Waals surface area contributed by atoms with Crippen molar-refractivity contribution in [3.63, 3.8) is 0 Å². The Morgan fingerprint density at radius 3 is 2.58 bits per heavy atom. The lowest BCUT2D eigenvalue weighted by Crippen LogP contribution is -2.72. The molecule has 10 unspecified atom stereocenters. The van der Waals surface area contributed by atoms with Gasteiger partial charge in [0.05, 0.1) is 12.2 Å². The number of fused-ring (bicyclic) bond motifs is 2. The van der Waals surface area contributed by atoms with Crippen molar-refractivity contribution in [3.8, 4) is 0 Å². The summed E-state index contributed by atoms with van der Waals surface area (Å²) in [6.45, 7) is 12.0. The Kier molecular flexibility index (Phi) is 5.65. The van der Waals surface area contributed by atoms with E-state index in [9.17, 15) is 9.90 Å². The molecule has 6 rings (SSSR count). The van der Waals surface area contributed by atoms with Crippen molar-refractivity contribution >= 4 is 5.78 Å². The second-order valence-corrected chi connectivity index (χ2v) is 13.0. The molecule has 1 N–H and O–H groups in total. The first-order valence-corrected chi connectivity index (χ1v) is 13.6. The van der Waals surface area contributed by atoms with E-state index in [0.717, 1.165) is 30.6 Å². The number of hydrogen-bond acceptors (Lipinski definition) is 3. The molecule has 2 heterocycles. The minimum atomic E-state index is -0.291. The molecule has 4 saturated carbocycles. The molecule has 0 aromatic heterocycles. The van der Waals surface area contributed by atoms with Gasteiger partial charge in [0.25, 0.3) is 0 Å². The molecule has 11 atom stereocenters. The van der Waals surface area contributed by atoms with E-state index in [1.807, 2.05) is 0 Å². The maximum Gasteiger partial charge on any atom is 0.165 e. The standard InChI is InChI=1S/C28H46O3/c1-16(2)7-6-8-17(3)20-9-10-21-24-22(12-13-27(20,21)5)28-14-11-19(29)15-23(28)25(30)26(24)31-18(28)4/h16-24,26,29H,6-15H2,1-5H3/t17?,18-,19?,20?,21?,22?,23?,24?,26?,27?,28?/m1/s1. The second kappa shape index (κ2) is 7.83. The van der Waals surface area contributed by atoms with E-state index in [-0.39, 0.29) is 29.6 Å². The van der Waals surface area contributed by atoms with Gasteiger partial charge in [-0.1, -0.05) is 47.0 Å². The molecule has 1 spiro atoms. The van der Waals surface area contributed by atoms with Gasteiger partial charge in [0.1, 0.15) is 6.10 Å². The van der Waals surface area contributed by atoms with Crippen LogP contribution >= 0.6 is 0 Å². The summed E-state index contributed by atoms with van der Waals surface area (Å²) < 4.78 is 6.57. The lowest BCUT2D eigenvalue weighted by molar-refractivity contribution is -0.278. The van der Waals surface area contributed by atoms with Gasteiger partial charge in [0, 0.05) is 11.3 Å². The van der Waals surface area contributed by atoms with Gasteiger partial charge in [-0.25, -0.2) is 0 Å². The van der Waals surface area contributed by atoms with Gasteiger partial charge in [-0.15, -0.1) is 0 Å². The summed E-state index contributed by atoms with van der Waals surface area (Å²) >= 11 is 0. The first kappa shape index (κ1) is 22.4. The minimum absolute atomic E-state index is 0.00196. The molecule has 0 aromatic rings. The third kappa shape index (κ3) is 3.15. The number of rotatable bonds is 5. The SMILES string of the molecule is CC(C)CCCC(C)C1CCC2C3C4O[C@H](C)C5(CCC(O)CC5C4=O)C3CCC12C. The van der Waals surface area contributed by atoms with E-state index in [1.165, 1.54) is 44.9 Å². The quantitative estimate of drug-likeness (QED) is 0.580. The summed E-state index contributed by atoms with van der Waals surface area (Å²) in [5.41, 5.74) is 0.376.